The van der Waals surface area contributed by atoms with Gasteiger partial charge in [0.05, 0.1) is 26.9 Å². The first-order valence-corrected chi connectivity index (χ1v) is 11.6. The summed E-state index contributed by atoms with van der Waals surface area (Å²) in [5.41, 5.74) is -0.343. The van der Waals surface area contributed by atoms with Gasteiger partial charge in [0.25, 0.3) is 11.5 Å². The van der Waals surface area contributed by atoms with E-state index >= 15 is 4.39 Å². The number of halogens is 3. The predicted octanol–water partition coefficient (Wildman–Crippen LogP) is 2.02. The van der Waals surface area contributed by atoms with Gasteiger partial charge in [0.15, 0.2) is 5.82 Å². The summed E-state index contributed by atoms with van der Waals surface area (Å²) < 4.78 is 30.0. The van der Waals surface area contributed by atoms with Crippen molar-refractivity contribution < 1.29 is 13.6 Å². The minimum atomic E-state index is -1.68. The molecule has 4 radical (unpaired) electrons. The highest BCUT2D eigenvalue weighted by Gasteiger charge is 2.34. The minimum Gasteiger partial charge on any atom is -0.365 e. The first-order chi connectivity index (χ1) is 16.6. The fourth-order valence-corrected chi connectivity index (χ4v) is 4.45. The molecule has 2 aliphatic rings. The predicted molar refractivity (Wildman–Crippen MR) is 131 cm³/mol. The van der Waals surface area contributed by atoms with Gasteiger partial charge in [0.1, 0.15) is 10.7 Å². The van der Waals surface area contributed by atoms with Crippen LogP contribution in [-0.2, 0) is 5.34 Å². The lowest BCUT2D eigenvalue weighted by Gasteiger charge is -2.46. The molecule has 3 aromatic rings. The number of H-pyrrole nitrogens is 1. The lowest BCUT2D eigenvalue weighted by Crippen LogP contribution is -2.56. The van der Waals surface area contributed by atoms with E-state index in [2.05, 4.69) is 15.3 Å². The fourth-order valence-electron chi connectivity index (χ4n) is 4.29. The zero-order valence-electron chi connectivity index (χ0n) is 18.7. The van der Waals surface area contributed by atoms with Gasteiger partial charge < -0.3 is 20.1 Å². The molecule has 1 aliphatic carbocycles. The summed E-state index contributed by atoms with van der Waals surface area (Å²) in [6.07, 6.45) is 1.85. The lowest BCUT2D eigenvalue weighted by molar-refractivity contribution is 0.0945. The number of hydrogen-bond donors (Lipinski definition) is 2. The van der Waals surface area contributed by atoms with Gasteiger partial charge >= 0.3 is 0 Å². The van der Waals surface area contributed by atoms with Crippen LogP contribution in [0.25, 0.3) is 10.9 Å². The first-order valence-electron chi connectivity index (χ1n) is 11.2. The van der Waals surface area contributed by atoms with E-state index in [9.17, 15) is 14.0 Å². The number of fused-ring (bicyclic) bond motifs is 1. The highest BCUT2D eigenvalue weighted by atomic mass is 35.5. The second-order valence-electron chi connectivity index (χ2n) is 8.89. The minimum absolute atomic E-state index is 0.00953. The molecule has 1 amide bonds. The maximum absolute atomic E-state index is 15.3. The molecule has 0 bridgehead atoms. The van der Waals surface area contributed by atoms with Crippen molar-refractivity contribution in [2.24, 2.45) is 0 Å². The Balaban J connectivity index is 1.31. The Morgan fingerprint density at radius 1 is 1.14 bits per heavy atom. The number of amides is 1. The number of aromatic amines is 1. The quantitative estimate of drug-likeness (QED) is 0.420. The van der Waals surface area contributed by atoms with Crippen LogP contribution in [0.1, 0.15) is 28.9 Å². The Bertz CT molecular complexity index is 1370. The molecular formula is C23H20B2ClF2N5O2. The molecule has 1 saturated carbocycles. The second-order valence-corrected chi connectivity index (χ2v) is 9.30. The molecule has 2 aromatic heterocycles. The fraction of sp³-hybridized carbons (Fsp3) is 0.348. The van der Waals surface area contributed by atoms with Gasteiger partial charge in [0.2, 0.25) is 5.95 Å². The molecule has 1 saturated heterocycles. The maximum Gasteiger partial charge on any atom is 0.270 e. The average molecular weight is 494 g/mol. The van der Waals surface area contributed by atoms with Crippen LogP contribution in [0.2, 0.25) is 5.02 Å². The van der Waals surface area contributed by atoms with E-state index in [1.165, 1.54) is 24.3 Å². The number of benzene rings is 1. The van der Waals surface area contributed by atoms with Crippen molar-refractivity contribution in [3.05, 3.63) is 68.7 Å². The van der Waals surface area contributed by atoms with Gasteiger partial charge in [-0.1, -0.05) is 23.7 Å². The number of aromatic nitrogens is 2. The van der Waals surface area contributed by atoms with Crippen LogP contribution < -0.4 is 15.8 Å². The molecule has 1 aromatic carbocycles. The van der Waals surface area contributed by atoms with Gasteiger partial charge in [-0.2, -0.15) is 4.39 Å². The molecule has 12 heteroatoms. The molecule has 3 heterocycles. The molecular weight excluding hydrogens is 473 g/mol. The molecule has 2 N–H and O–H groups in total. The molecule has 2 fully saturated rings. The van der Waals surface area contributed by atoms with Crippen LogP contribution in [0.15, 0.2) is 35.1 Å². The summed E-state index contributed by atoms with van der Waals surface area (Å²) in [6, 6.07) is 7.60. The van der Waals surface area contributed by atoms with Gasteiger partial charge in [-0.25, -0.2) is 9.37 Å². The molecule has 176 valence electrons. The third-order valence-electron chi connectivity index (χ3n) is 6.46. The summed E-state index contributed by atoms with van der Waals surface area (Å²) in [7, 11) is 12.8. The van der Waals surface area contributed by atoms with E-state index in [0.717, 1.165) is 12.8 Å². The van der Waals surface area contributed by atoms with Crippen molar-refractivity contribution >= 4 is 49.8 Å². The first kappa shape index (κ1) is 23.8. The van der Waals surface area contributed by atoms with E-state index in [1.54, 1.807) is 15.9 Å². The average Bonchev–Trinajstić information content (AvgIpc) is 3.64. The van der Waals surface area contributed by atoms with Crippen LogP contribution in [0.4, 0.5) is 14.5 Å². The van der Waals surface area contributed by atoms with Crippen molar-refractivity contribution in [2.45, 2.75) is 24.2 Å². The van der Waals surface area contributed by atoms with Crippen LogP contribution >= 0.6 is 11.6 Å². The van der Waals surface area contributed by atoms with Crippen molar-refractivity contribution in [3.8, 4) is 0 Å². The third-order valence-corrected chi connectivity index (χ3v) is 6.74. The normalized spacial score (nSPS) is 17.1. The van der Waals surface area contributed by atoms with E-state index in [-0.39, 0.29) is 39.4 Å². The van der Waals surface area contributed by atoms with E-state index in [1.807, 2.05) is 0 Å². The number of nitrogens with one attached hydrogen (secondary N) is 2. The molecule has 0 spiro atoms. The van der Waals surface area contributed by atoms with Crippen molar-refractivity contribution in [1.82, 2.24) is 20.2 Å². The monoisotopic (exact) mass is 493 g/mol. The number of carbonyl (C=O) groups excluding carboxylic acids is 1. The summed E-state index contributed by atoms with van der Waals surface area (Å²) in [5.74, 6) is -1.87. The summed E-state index contributed by atoms with van der Waals surface area (Å²) in [4.78, 5) is 33.7. The zero-order valence-corrected chi connectivity index (χ0v) is 19.4. The summed E-state index contributed by atoms with van der Waals surface area (Å²) in [6.45, 7) is 1.32. The highest BCUT2D eigenvalue weighted by molar-refractivity contribution is 6.39. The number of anilines is 1. The summed E-state index contributed by atoms with van der Waals surface area (Å²) >= 11 is 5.83. The van der Waals surface area contributed by atoms with E-state index in [0.29, 0.717) is 31.6 Å². The lowest BCUT2D eigenvalue weighted by atomic mass is 9.56. The number of rotatable bonds is 5. The summed E-state index contributed by atoms with van der Waals surface area (Å²) in [5, 5.41) is 1.47. The maximum atomic E-state index is 15.3. The van der Waals surface area contributed by atoms with Crippen molar-refractivity contribution in [1.29, 1.82) is 0 Å². The Labute approximate surface area is 207 Å². The number of piperazine rings is 1. The van der Waals surface area contributed by atoms with Gasteiger partial charge in [0, 0.05) is 37.6 Å². The Morgan fingerprint density at radius 3 is 2.51 bits per heavy atom. The van der Waals surface area contributed by atoms with E-state index < -0.39 is 22.7 Å². The Kier molecular flexibility index (Phi) is 6.09. The zero-order chi connectivity index (χ0) is 24.9. The van der Waals surface area contributed by atoms with Crippen molar-refractivity contribution in [3.63, 3.8) is 0 Å². The van der Waals surface area contributed by atoms with Crippen LogP contribution in [-0.4, -0.2) is 68.7 Å². The van der Waals surface area contributed by atoms with Crippen LogP contribution in [0, 0.1) is 11.8 Å². The highest BCUT2D eigenvalue weighted by Crippen LogP contribution is 2.31. The number of nitrogens with zero attached hydrogens (tertiary/aromatic N) is 3. The smallest absolute Gasteiger partial charge is 0.270 e. The van der Waals surface area contributed by atoms with Gasteiger partial charge in [-0.15, -0.1) is 0 Å². The second kappa shape index (κ2) is 8.95. The van der Waals surface area contributed by atoms with Crippen LogP contribution in [0.5, 0.6) is 0 Å². The third kappa shape index (κ3) is 4.54. The standard InChI is InChI=1S/C23H20B2ClF2N5O2/c24-23(25,14-4-1-12-11-15(26)21(34)31-19(12)18(14)27)33-9-7-32(8-10-33)17-6-5-16(30-20(17)28)22(35)29-13-2-3-13/h1,4-6,11,13H,2-3,7-10H2,(H,29,35)(H,31,34). The number of carbonyl (C=O) groups is 1. The number of pyridine rings is 2. The van der Waals surface area contributed by atoms with E-state index in [4.69, 9.17) is 27.3 Å². The Hall–Kier alpha value is -2.91. The molecule has 0 atom stereocenters. The van der Waals surface area contributed by atoms with Gasteiger partial charge in [-0.3, -0.25) is 9.59 Å². The van der Waals surface area contributed by atoms with Gasteiger partial charge in [-0.05, 0) is 41.9 Å². The SMILES string of the molecule is [B]C([B])(c1ccc2cc(Cl)c(=O)[nH]c2c1F)N1CCN(c2ccc(C(=O)NC3CC3)nc2F)CC1. The number of hydrogen-bond acceptors (Lipinski definition) is 5. The molecule has 1 aliphatic heterocycles. The topological polar surface area (TPSA) is 81.3 Å². The molecule has 35 heavy (non-hydrogen) atoms. The Morgan fingerprint density at radius 2 is 1.86 bits per heavy atom. The van der Waals surface area contributed by atoms with Crippen molar-refractivity contribution in [2.75, 3.05) is 31.1 Å². The largest absolute Gasteiger partial charge is 0.365 e. The molecule has 7 nitrogen and oxygen atoms in total. The van der Waals surface area contributed by atoms with Crippen LogP contribution in [0.3, 0.4) is 0 Å². The molecule has 0 unspecified atom stereocenters. The molecule has 5 rings (SSSR count).